The molecule has 140 valence electrons. The Morgan fingerprint density at radius 3 is 1.97 bits per heavy atom. The Hall–Kier alpha value is -3.12. The van der Waals surface area contributed by atoms with Crippen LogP contribution in [-0.4, -0.2) is 17.2 Å². The second-order valence-corrected chi connectivity index (χ2v) is 8.00. The van der Waals surface area contributed by atoms with Crippen LogP contribution in [-0.2, 0) is 0 Å². The molecule has 0 atom stereocenters. The Labute approximate surface area is 173 Å². The molecule has 0 radical (unpaired) electrons. The first-order chi connectivity index (χ1) is 14.2. The Kier molecular flexibility index (Phi) is 4.56. The van der Waals surface area contributed by atoms with Crippen molar-refractivity contribution in [3.8, 4) is 0 Å². The molecule has 0 bridgehead atoms. The molecule has 5 aromatic rings. The van der Waals surface area contributed by atoms with E-state index in [4.69, 9.17) is 0 Å². The first kappa shape index (κ1) is 17.9. The van der Waals surface area contributed by atoms with E-state index in [2.05, 4.69) is 59.5 Å². The monoisotopic (exact) mass is 395 g/mol. The van der Waals surface area contributed by atoms with Gasteiger partial charge in [0.2, 0.25) is 0 Å². The standard InChI is InChI=1S/C24H18BNO2S/c27-25(28)17-10-12-19(13-11-17)26(18-6-2-1-3-7-18)20-14-15-24-22(16-20)21-8-4-5-9-23(21)29-24/h1-16,27-28H. The van der Waals surface area contributed by atoms with E-state index in [0.717, 1.165) is 17.1 Å². The number of thiophene rings is 1. The second kappa shape index (κ2) is 7.37. The van der Waals surface area contributed by atoms with Gasteiger partial charge in [0.25, 0.3) is 0 Å². The van der Waals surface area contributed by atoms with Gasteiger partial charge in [-0.05, 0) is 54.0 Å². The zero-order valence-electron chi connectivity index (χ0n) is 15.6. The van der Waals surface area contributed by atoms with Crippen LogP contribution in [0.5, 0.6) is 0 Å². The van der Waals surface area contributed by atoms with Crippen LogP contribution < -0.4 is 10.4 Å². The van der Waals surface area contributed by atoms with E-state index in [1.54, 1.807) is 23.5 Å². The normalized spacial score (nSPS) is 11.1. The third kappa shape index (κ3) is 3.30. The molecule has 1 heterocycles. The number of para-hydroxylation sites is 1. The van der Waals surface area contributed by atoms with Crippen LogP contribution in [0, 0.1) is 0 Å². The number of hydrogen-bond donors (Lipinski definition) is 2. The predicted molar refractivity (Wildman–Crippen MR) is 124 cm³/mol. The average Bonchev–Trinajstić information content (AvgIpc) is 3.13. The number of anilines is 3. The first-order valence-corrected chi connectivity index (χ1v) is 10.2. The Morgan fingerprint density at radius 2 is 1.21 bits per heavy atom. The summed E-state index contributed by atoms with van der Waals surface area (Å²) in [7, 11) is -1.47. The molecule has 0 fully saturated rings. The summed E-state index contributed by atoms with van der Waals surface area (Å²) in [4.78, 5) is 2.18. The van der Waals surface area contributed by atoms with E-state index in [1.165, 1.54) is 20.2 Å². The van der Waals surface area contributed by atoms with Crippen molar-refractivity contribution in [3.63, 3.8) is 0 Å². The van der Waals surface area contributed by atoms with Crippen molar-refractivity contribution in [1.82, 2.24) is 0 Å². The highest BCUT2D eigenvalue weighted by molar-refractivity contribution is 7.25. The molecule has 4 aromatic carbocycles. The summed E-state index contributed by atoms with van der Waals surface area (Å²) in [6.45, 7) is 0. The van der Waals surface area contributed by atoms with E-state index in [9.17, 15) is 10.0 Å². The van der Waals surface area contributed by atoms with Crippen LogP contribution in [0.2, 0.25) is 0 Å². The summed E-state index contributed by atoms with van der Waals surface area (Å²) in [5.41, 5.74) is 3.54. The molecule has 0 aliphatic rings. The fourth-order valence-electron chi connectivity index (χ4n) is 3.67. The summed E-state index contributed by atoms with van der Waals surface area (Å²) in [5.74, 6) is 0. The van der Waals surface area contributed by atoms with Crippen LogP contribution in [0.4, 0.5) is 17.1 Å². The van der Waals surface area contributed by atoms with Crippen molar-refractivity contribution < 1.29 is 10.0 Å². The predicted octanol–water partition coefficient (Wildman–Crippen LogP) is 5.20. The summed E-state index contributed by atoms with van der Waals surface area (Å²) in [5, 5.41) is 21.4. The number of benzene rings is 4. The van der Waals surface area contributed by atoms with Crippen molar-refractivity contribution in [2.45, 2.75) is 0 Å². The van der Waals surface area contributed by atoms with Crippen molar-refractivity contribution in [1.29, 1.82) is 0 Å². The second-order valence-electron chi connectivity index (χ2n) is 6.91. The Balaban J connectivity index is 1.69. The number of fused-ring (bicyclic) bond motifs is 3. The summed E-state index contributed by atoms with van der Waals surface area (Å²) in [6.07, 6.45) is 0. The molecule has 0 aliphatic carbocycles. The fourth-order valence-corrected chi connectivity index (χ4v) is 4.76. The summed E-state index contributed by atoms with van der Waals surface area (Å²) in [6, 6.07) is 32.5. The SMILES string of the molecule is OB(O)c1ccc(N(c2ccccc2)c2ccc3sc4ccccc4c3c2)cc1. The van der Waals surface area contributed by atoms with Crippen LogP contribution in [0.3, 0.4) is 0 Å². The minimum Gasteiger partial charge on any atom is -0.423 e. The average molecular weight is 395 g/mol. The van der Waals surface area contributed by atoms with Gasteiger partial charge in [0.1, 0.15) is 0 Å². The largest absolute Gasteiger partial charge is 0.488 e. The van der Waals surface area contributed by atoms with Crippen LogP contribution in [0.15, 0.2) is 97.1 Å². The highest BCUT2D eigenvalue weighted by atomic mass is 32.1. The lowest BCUT2D eigenvalue weighted by Crippen LogP contribution is -2.29. The van der Waals surface area contributed by atoms with E-state index in [0.29, 0.717) is 5.46 Å². The van der Waals surface area contributed by atoms with Crippen molar-refractivity contribution in [2.75, 3.05) is 4.90 Å². The molecule has 0 unspecified atom stereocenters. The van der Waals surface area contributed by atoms with Gasteiger partial charge in [-0.2, -0.15) is 0 Å². The maximum absolute atomic E-state index is 9.43. The topological polar surface area (TPSA) is 43.7 Å². The smallest absolute Gasteiger partial charge is 0.423 e. The van der Waals surface area contributed by atoms with Crippen LogP contribution in [0.1, 0.15) is 0 Å². The number of rotatable bonds is 4. The maximum Gasteiger partial charge on any atom is 0.488 e. The third-order valence-electron chi connectivity index (χ3n) is 5.08. The van der Waals surface area contributed by atoms with Gasteiger partial charge in [0, 0.05) is 37.2 Å². The molecular formula is C24H18BNO2S. The maximum atomic E-state index is 9.43. The van der Waals surface area contributed by atoms with Gasteiger partial charge in [-0.3, -0.25) is 0 Å². The minimum absolute atomic E-state index is 0.473. The minimum atomic E-state index is -1.47. The van der Waals surface area contributed by atoms with Crippen LogP contribution in [0.25, 0.3) is 20.2 Å². The number of nitrogens with zero attached hydrogens (tertiary/aromatic N) is 1. The third-order valence-corrected chi connectivity index (χ3v) is 6.23. The highest BCUT2D eigenvalue weighted by Gasteiger charge is 2.16. The van der Waals surface area contributed by atoms with E-state index >= 15 is 0 Å². The lowest BCUT2D eigenvalue weighted by Gasteiger charge is -2.25. The number of hydrogen-bond acceptors (Lipinski definition) is 4. The van der Waals surface area contributed by atoms with Gasteiger partial charge in [0.15, 0.2) is 0 Å². The molecule has 2 N–H and O–H groups in total. The van der Waals surface area contributed by atoms with E-state index in [1.807, 2.05) is 30.3 Å². The lowest BCUT2D eigenvalue weighted by molar-refractivity contribution is 0.426. The van der Waals surface area contributed by atoms with Gasteiger partial charge >= 0.3 is 7.12 Å². The lowest BCUT2D eigenvalue weighted by atomic mass is 9.80. The molecule has 0 aliphatic heterocycles. The van der Waals surface area contributed by atoms with E-state index in [-0.39, 0.29) is 0 Å². The molecular weight excluding hydrogens is 377 g/mol. The van der Waals surface area contributed by atoms with Crippen molar-refractivity contribution in [3.05, 3.63) is 97.1 Å². The van der Waals surface area contributed by atoms with Gasteiger partial charge in [-0.15, -0.1) is 11.3 Å². The highest BCUT2D eigenvalue weighted by Crippen LogP contribution is 2.40. The van der Waals surface area contributed by atoms with Gasteiger partial charge in [-0.1, -0.05) is 48.5 Å². The van der Waals surface area contributed by atoms with Crippen molar-refractivity contribution in [2.24, 2.45) is 0 Å². The molecule has 5 rings (SSSR count). The molecule has 5 heteroatoms. The molecule has 29 heavy (non-hydrogen) atoms. The molecule has 1 aromatic heterocycles. The van der Waals surface area contributed by atoms with Gasteiger partial charge < -0.3 is 14.9 Å². The van der Waals surface area contributed by atoms with Gasteiger partial charge in [-0.25, -0.2) is 0 Å². The molecule has 0 amide bonds. The summed E-state index contributed by atoms with van der Waals surface area (Å²) < 4.78 is 2.55. The molecule has 0 spiro atoms. The quantitative estimate of drug-likeness (QED) is 0.411. The zero-order valence-corrected chi connectivity index (χ0v) is 16.4. The fraction of sp³-hybridized carbons (Fsp3) is 0. The molecule has 0 saturated heterocycles. The Morgan fingerprint density at radius 1 is 0.586 bits per heavy atom. The molecule has 3 nitrogen and oxygen atoms in total. The van der Waals surface area contributed by atoms with Crippen molar-refractivity contribution >= 4 is 61.2 Å². The summed E-state index contributed by atoms with van der Waals surface area (Å²) >= 11 is 1.80. The van der Waals surface area contributed by atoms with Crippen LogP contribution >= 0.6 is 11.3 Å². The first-order valence-electron chi connectivity index (χ1n) is 9.43. The zero-order chi connectivity index (χ0) is 19.8. The van der Waals surface area contributed by atoms with E-state index < -0.39 is 7.12 Å². The Bertz CT molecular complexity index is 1280. The van der Waals surface area contributed by atoms with Gasteiger partial charge in [0.05, 0.1) is 0 Å². The molecule has 0 saturated carbocycles.